The molecule has 0 bridgehead atoms. The second kappa shape index (κ2) is 10.5. The molecule has 0 unspecified atom stereocenters. The molecule has 0 atom stereocenters. The van der Waals surface area contributed by atoms with Crippen LogP contribution in [0.1, 0.15) is 5.82 Å². The largest absolute Gasteiger partial charge is 0.490 e. The van der Waals surface area contributed by atoms with Gasteiger partial charge in [0.15, 0.2) is 0 Å². The van der Waals surface area contributed by atoms with Gasteiger partial charge in [-0.3, -0.25) is 4.79 Å². The number of halogens is 1. The van der Waals surface area contributed by atoms with Crippen LogP contribution in [0.2, 0.25) is 0 Å². The Hall–Kier alpha value is -4.68. The molecule has 0 spiro atoms. The van der Waals surface area contributed by atoms with E-state index in [4.69, 9.17) is 25.5 Å². The molecule has 0 saturated heterocycles. The van der Waals surface area contributed by atoms with Gasteiger partial charge in [-0.2, -0.15) is 0 Å². The maximum atomic E-state index is 14.3. The third kappa shape index (κ3) is 4.56. The summed E-state index contributed by atoms with van der Waals surface area (Å²) >= 11 is 1.50. The number of aliphatic hydroxyl groups excluding tert-OH is 1. The van der Waals surface area contributed by atoms with Crippen molar-refractivity contribution in [2.24, 2.45) is 0 Å². The molecule has 10 nitrogen and oxygen atoms in total. The molecule has 0 saturated carbocycles. The highest BCUT2D eigenvalue weighted by atomic mass is 32.1. The summed E-state index contributed by atoms with van der Waals surface area (Å²) in [6.45, 7) is 4.57. The molecule has 12 heteroatoms. The first-order chi connectivity index (χ1) is 19.5. The molecule has 0 fully saturated rings. The standard InChI is InChI=1S/C28H24FN7O3S/c1-2-23(38)35-8-9-36-22(15-35)32-28(34-36)26-24(18-4-3-17(29)14-20(18)39-11-10-37)27-19(6-12-40-27)25(33-26)16-5-7-31-21(30)13-16/h2-7,12-14,37H,1,8-11,15H2,(H2,30,31). The van der Waals surface area contributed by atoms with Gasteiger partial charge in [-0.05, 0) is 41.8 Å². The number of rotatable bonds is 7. The number of aliphatic hydroxyl groups is 1. The summed E-state index contributed by atoms with van der Waals surface area (Å²) in [5.41, 5.74) is 9.16. The quantitative estimate of drug-likeness (QED) is 0.288. The maximum Gasteiger partial charge on any atom is 0.246 e. The van der Waals surface area contributed by atoms with Crippen molar-refractivity contribution < 1.29 is 19.0 Å². The average molecular weight is 558 g/mol. The minimum atomic E-state index is -0.472. The number of amides is 1. The monoisotopic (exact) mass is 557 g/mol. The summed E-state index contributed by atoms with van der Waals surface area (Å²) in [5.74, 6) is 0.938. The molecule has 1 aromatic carbocycles. The molecule has 5 heterocycles. The minimum Gasteiger partial charge on any atom is -0.490 e. The number of anilines is 1. The normalized spacial score (nSPS) is 12.9. The Kier molecular flexibility index (Phi) is 6.70. The molecule has 3 N–H and O–H groups in total. The number of nitrogens with two attached hydrogens (primary N) is 1. The fourth-order valence-electron chi connectivity index (χ4n) is 4.78. The number of benzene rings is 1. The molecule has 6 rings (SSSR count). The molecule has 202 valence electrons. The molecule has 4 aromatic heterocycles. The Balaban J connectivity index is 1.61. The van der Waals surface area contributed by atoms with Gasteiger partial charge in [-0.15, -0.1) is 16.4 Å². The number of nitrogens with zero attached hydrogens (tertiary/aromatic N) is 6. The molecule has 1 aliphatic rings. The van der Waals surface area contributed by atoms with Crippen LogP contribution in [-0.4, -0.2) is 60.4 Å². The summed E-state index contributed by atoms with van der Waals surface area (Å²) < 4.78 is 22.7. The number of pyridine rings is 2. The van der Waals surface area contributed by atoms with Crippen molar-refractivity contribution in [2.75, 3.05) is 25.5 Å². The van der Waals surface area contributed by atoms with Crippen LogP contribution in [0.3, 0.4) is 0 Å². The summed E-state index contributed by atoms with van der Waals surface area (Å²) in [6.07, 6.45) is 2.91. The van der Waals surface area contributed by atoms with E-state index in [9.17, 15) is 14.3 Å². The molecule has 0 radical (unpaired) electrons. The van der Waals surface area contributed by atoms with Gasteiger partial charge in [0.25, 0.3) is 0 Å². The third-order valence-electron chi connectivity index (χ3n) is 6.58. The van der Waals surface area contributed by atoms with Crippen molar-refractivity contribution in [3.05, 3.63) is 72.3 Å². The van der Waals surface area contributed by atoms with Crippen LogP contribution in [0.5, 0.6) is 5.75 Å². The first-order valence-corrected chi connectivity index (χ1v) is 13.4. The van der Waals surface area contributed by atoms with E-state index in [2.05, 4.69) is 11.6 Å². The van der Waals surface area contributed by atoms with Gasteiger partial charge in [0, 0.05) is 45.6 Å². The van der Waals surface area contributed by atoms with E-state index in [0.717, 1.165) is 15.6 Å². The van der Waals surface area contributed by atoms with Crippen molar-refractivity contribution in [3.8, 4) is 39.7 Å². The van der Waals surface area contributed by atoms with E-state index >= 15 is 0 Å². The Morgan fingerprint density at radius 2 is 2.08 bits per heavy atom. The lowest BCUT2D eigenvalue weighted by Gasteiger charge is -2.25. The predicted molar refractivity (Wildman–Crippen MR) is 150 cm³/mol. The number of hydrogen-bond acceptors (Lipinski definition) is 9. The molecule has 0 aliphatic carbocycles. The van der Waals surface area contributed by atoms with Gasteiger partial charge in [0.2, 0.25) is 11.7 Å². The van der Waals surface area contributed by atoms with Crippen LogP contribution in [0.4, 0.5) is 10.2 Å². The van der Waals surface area contributed by atoms with Crippen LogP contribution in [-0.2, 0) is 17.9 Å². The van der Waals surface area contributed by atoms with Crippen LogP contribution in [0.15, 0.2) is 60.6 Å². The van der Waals surface area contributed by atoms with Crippen molar-refractivity contribution >= 4 is 33.1 Å². The fraction of sp³-hybridized carbons (Fsp3) is 0.179. The Morgan fingerprint density at radius 3 is 2.88 bits per heavy atom. The number of carbonyl (C=O) groups is 1. The Bertz CT molecular complexity index is 1770. The fourth-order valence-corrected chi connectivity index (χ4v) is 5.74. The third-order valence-corrected chi connectivity index (χ3v) is 7.52. The second-order valence-electron chi connectivity index (χ2n) is 9.07. The summed E-state index contributed by atoms with van der Waals surface area (Å²) in [4.78, 5) is 27.9. The number of thiophene rings is 1. The smallest absolute Gasteiger partial charge is 0.246 e. The van der Waals surface area contributed by atoms with E-state index in [-0.39, 0.29) is 31.4 Å². The van der Waals surface area contributed by atoms with E-state index in [0.29, 0.717) is 53.1 Å². The van der Waals surface area contributed by atoms with E-state index in [1.807, 2.05) is 17.5 Å². The van der Waals surface area contributed by atoms with Gasteiger partial charge in [-0.1, -0.05) is 6.58 Å². The Labute approximate surface area is 232 Å². The van der Waals surface area contributed by atoms with E-state index < -0.39 is 5.82 Å². The molecular formula is C28H24FN7O3S. The van der Waals surface area contributed by atoms with Gasteiger partial charge >= 0.3 is 0 Å². The van der Waals surface area contributed by atoms with Crippen LogP contribution >= 0.6 is 11.3 Å². The van der Waals surface area contributed by atoms with Crippen molar-refractivity contribution in [2.45, 2.75) is 13.1 Å². The highest BCUT2D eigenvalue weighted by Gasteiger charge is 2.27. The number of nitrogen functional groups attached to an aromatic ring is 1. The summed E-state index contributed by atoms with van der Waals surface area (Å²) in [7, 11) is 0. The molecule has 40 heavy (non-hydrogen) atoms. The first kappa shape index (κ1) is 25.6. The zero-order valence-electron chi connectivity index (χ0n) is 21.2. The van der Waals surface area contributed by atoms with Crippen molar-refractivity contribution in [1.29, 1.82) is 0 Å². The van der Waals surface area contributed by atoms with E-state index in [1.54, 1.807) is 27.9 Å². The lowest BCUT2D eigenvalue weighted by atomic mass is 9.98. The van der Waals surface area contributed by atoms with Gasteiger partial charge in [0.05, 0.1) is 25.4 Å². The number of ether oxygens (including phenoxy) is 1. The average Bonchev–Trinajstić information content (AvgIpc) is 3.62. The topological polar surface area (TPSA) is 132 Å². The molecule has 5 aromatic rings. The number of fused-ring (bicyclic) bond motifs is 2. The zero-order chi connectivity index (χ0) is 27.8. The number of aromatic nitrogens is 5. The predicted octanol–water partition coefficient (Wildman–Crippen LogP) is 3.90. The maximum absolute atomic E-state index is 14.3. The molecule has 1 aliphatic heterocycles. The van der Waals surface area contributed by atoms with Crippen LogP contribution in [0.25, 0.3) is 44.0 Å². The second-order valence-corrected chi connectivity index (χ2v) is 9.98. The van der Waals surface area contributed by atoms with Gasteiger partial charge in [-0.25, -0.2) is 24.0 Å². The minimum absolute atomic E-state index is 0.00857. The van der Waals surface area contributed by atoms with Crippen LogP contribution in [0, 0.1) is 5.82 Å². The molecule has 1 amide bonds. The molecular weight excluding hydrogens is 533 g/mol. The van der Waals surface area contributed by atoms with Crippen LogP contribution < -0.4 is 10.5 Å². The SMILES string of the molecule is C=CC(=O)N1CCn2nc(-c3nc(-c4ccnc(N)c4)c4ccsc4c3-c3ccc(F)cc3OCCO)nc2C1. The highest BCUT2D eigenvalue weighted by molar-refractivity contribution is 7.18. The summed E-state index contributed by atoms with van der Waals surface area (Å²) in [5, 5.41) is 17.0. The lowest BCUT2D eigenvalue weighted by molar-refractivity contribution is -0.127. The van der Waals surface area contributed by atoms with Gasteiger partial charge < -0.3 is 20.5 Å². The van der Waals surface area contributed by atoms with E-state index in [1.165, 1.54) is 29.5 Å². The van der Waals surface area contributed by atoms with Crippen molar-refractivity contribution in [1.82, 2.24) is 29.6 Å². The zero-order valence-corrected chi connectivity index (χ0v) is 22.1. The van der Waals surface area contributed by atoms with Crippen molar-refractivity contribution in [3.63, 3.8) is 0 Å². The summed E-state index contributed by atoms with van der Waals surface area (Å²) in [6, 6.07) is 9.82. The number of hydrogen-bond donors (Lipinski definition) is 2. The van der Waals surface area contributed by atoms with Gasteiger partial charge in [0.1, 0.15) is 35.5 Å². The lowest BCUT2D eigenvalue weighted by Crippen LogP contribution is -2.37. The first-order valence-electron chi connectivity index (χ1n) is 12.5. The Morgan fingerprint density at radius 1 is 1.20 bits per heavy atom. The highest BCUT2D eigenvalue weighted by Crippen LogP contribution is 2.45. The number of carbonyl (C=O) groups excluding carboxylic acids is 1.